The van der Waals surface area contributed by atoms with E-state index >= 15 is 8.78 Å². The van der Waals surface area contributed by atoms with Gasteiger partial charge in [0.05, 0.1) is 11.3 Å². The summed E-state index contributed by atoms with van der Waals surface area (Å²) in [5.74, 6) is 1.71. The number of rotatable bonds is 6. The van der Waals surface area contributed by atoms with Crippen molar-refractivity contribution in [2.45, 2.75) is 66.5 Å². The van der Waals surface area contributed by atoms with Crippen LogP contribution >= 0.6 is 34.4 Å². The molecule has 0 spiro atoms. The highest BCUT2D eigenvalue weighted by molar-refractivity contribution is 8.00. The zero-order chi connectivity index (χ0) is 41.5. The Morgan fingerprint density at radius 2 is 1.56 bits per heavy atom. The minimum atomic E-state index is -5.47. The first-order chi connectivity index (χ1) is 26.5. The molecule has 0 saturated heterocycles. The SMILES string of the molecule is CC1=c2cc3c(cc2-c2sc(S(=O)(=O)O)cc2C1(C)C)=C(c1c(F)c(SCC(=O)NN)cc(F)c1S(=O)(=O)O)c1cc2c(cc1O3)N(C)C(C)(C)c1cc(C)sc1-2. The van der Waals surface area contributed by atoms with E-state index in [2.05, 4.69) is 24.8 Å². The Morgan fingerprint density at radius 3 is 2.21 bits per heavy atom. The van der Waals surface area contributed by atoms with Gasteiger partial charge in [0, 0.05) is 76.8 Å². The lowest BCUT2D eigenvalue weighted by Gasteiger charge is -2.43. The average Bonchev–Trinajstić information content (AvgIpc) is 3.77. The Balaban J connectivity index is 1.56. The largest absolute Gasteiger partial charge is 0.456 e. The molecule has 0 saturated carbocycles. The van der Waals surface area contributed by atoms with Gasteiger partial charge >= 0.3 is 10.1 Å². The molecule has 1 amide bonds. The number of thioether (sulfide) groups is 1. The fraction of sp³-hybridized carbons (Fsp3) is 0.256. The van der Waals surface area contributed by atoms with Crippen molar-refractivity contribution >= 4 is 77.4 Å². The van der Waals surface area contributed by atoms with Gasteiger partial charge in [0.1, 0.15) is 32.2 Å². The minimum Gasteiger partial charge on any atom is -0.456 e. The Hall–Kier alpha value is -4.14. The molecule has 11 nitrogen and oxygen atoms in total. The van der Waals surface area contributed by atoms with Crippen LogP contribution < -0.4 is 31.3 Å². The van der Waals surface area contributed by atoms with Gasteiger partial charge in [-0.1, -0.05) is 19.4 Å². The van der Waals surface area contributed by atoms with E-state index in [-0.39, 0.29) is 32.1 Å². The van der Waals surface area contributed by atoms with Crippen molar-refractivity contribution in [3.8, 4) is 32.4 Å². The molecule has 5 N–H and O–H groups in total. The maximum absolute atomic E-state index is 17.3. The molecule has 298 valence electrons. The van der Waals surface area contributed by atoms with E-state index in [9.17, 15) is 30.7 Å². The zero-order valence-corrected chi connectivity index (χ0v) is 35.5. The highest BCUT2D eigenvalue weighted by Gasteiger charge is 2.41. The molecule has 0 radical (unpaired) electrons. The molecular weight excluding hydrogens is 837 g/mol. The molecule has 57 heavy (non-hydrogen) atoms. The van der Waals surface area contributed by atoms with E-state index in [4.69, 9.17) is 10.6 Å². The predicted octanol–water partition coefficient (Wildman–Crippen LogP) is 6.81. The lowest BCUT2D eigenvalue weighted by molar-refractivity contribution is -0.118. The third kappa shape index (κ3) is 5.98. The average molecular weight is 872 g/mol. The maximum atomic E-state index is 17.3. The second-order valence-electron chi connectivity index (χ2n) is 15.2. The number of nitrogens with two attached hydrogens (primary N) is 1. The van der Waals surface area contributed by atoms with Crippen LogP contribution in [-0.4, -0.2) is 44.6 Å². The van der Waals surface area contributed by atoms with Gasteiger partial charge < -0.3 is 9.64 Å². The summed E-state index contributed by atoms with van der Waals surface area (Å²) in [5.41, 5.74) is 4.35. The van der Waals surface area contributed by atoms with Gasteiger partial charge in [0.2, 0.25) is 5.91 Å². The fourth-order valence-electron chi connectivity index (χ4n) is 7.90. The van der Waals surface area contributed by atoms with Crippen LogP contribution in [0.4, 0.5) is 14.5 Å². The number of halogens is 2. The molecule has 4 heterocycles. The molecule has 18 heteroatoms. The summed E-state index contributed by atoms with van der Waals surface area (Å²) in [6.45, 7) is 11.8. The molecule has 0 unspecified atom stereocenters. The smallest absolute Gasteiger partial charge is 0.304 e. The van der Waals surface area contributed by atoms with Gasteiger partial charge in [0.15, 0.2) is 0 Å². The first-order valence-corrected chi connectivity index (χ1v) is 22.8. The number of anilines is 1. The third-order valence-corrected chi connectivity index (χ3v) is 16.8. The van der Waals surface area contributed by atoms with Crippen LogP contribution in [-0.2, 0) is 36.0 Å². The van der Waals surface area contributed by atoms with Gasteiger partial charge in [0.25, 0.3) is 10.1 Å². The number of carbonyl (C=O) groups is 1. The number of fused-ring (bicyclic) bond motifs is 8. The highest BCUT2D eigenvalue weighted by Crippen LogP contribution is 2.55. The molecule has 8 rings (SSSR count). The van der Waals surface area contributed by atoms with E-state index in [0.29, 0.717) is 39.1 Å². The number of hydrogen-bond acceptors (Lipinski definition) is 11. The maximum Gasteiger partial charge on any atom is 0.304 e. The molecule has 3 aromatic carbocycles. The van der Waals surface area contributed by atoms with Crippen LogP contribution in [0.5, 0.6) is 11.5 Å². The number of hydrazine groups is 1. The number of nitrogens with zero attached hydrogens (tertiary/aromatic N) is 1. The van der Waals surface area contributed by atoms with E-state index < -0.39 is 69.8 Å². The first-order valence-electron chi connectivity index (χ1n) is 17.3. The number of benzene rings is 3. The number of amides is 1. The number of thiophene rings is 2. The molecule has 0 atom stereocenters. The van der Waals surface area contributed by atoms with Crippen LogP contribution in [0.2, 0.25) is 0 Å². The molecular formula is C39H35F2N3O8S5. The zero-order valence-electron chi connectivity index (χ0n) is 31.4. The molecule has 5 aromatic rings. The fourth-order valence-corrected chi connectivity index (χ4v) is 12.6. The Bertz CT molecular complexity index is 3030. The Kier molecular flexibility index (Phi) is 9.00. The molecule has 0 fully saturated rings. The summed E-state index contributed by atoms with van der Waals surface area (Å²) in [4.78, 5) is 14.9. The van der Waals surface area contributed by atoms with Crippen molar-refractivity contribution in [1.82, 2.24) is 5.43 Å². The van der Waals surface area contributed by atoms with Crippen LogP contribution in [0, 0.1) is 18.6 Å². The Morgan fingerprint density at radius 1 is 0.877 bits per heavy atom. The highest BCUT2D eigenvalue weighted by atomic mass is 32.3. The lowest BCUT2D eigenvalue weighted by atomic mass is 9.73. The third-order valence-electron chi connectivity index (χ3n) is 11.3. The molecule has 1 aliphatic carbocycles. The molecule has 2 aliphatic heterocycles. The van der Waals surface area contributed by atoms with Crippen LogP contribution in [0.3, 0.4) is 0 Å². The van der Waals surface area contributed by atoms with Crippen molar-refractivity contribution in [3.05, 3.63) is 91.7 Å². The summed E-state index contributed by atoms with van der Waals surface area (Å²) >= 11 is 2.95. The number of hydrogen-bond donors (Lipinski definition) is 4. The topological polar surface area (TPSA) is 176 Å². The lowest BCUT2D eigenvalue weighted by Crippen LogP contribution is -2.41. The van der Waals surface area contributed by atoms with Gasteiger partial charge in [-0.2, -0.15) is 16.8 Å². The van der Waals surface area contributed by atoms with Crippen molar-refractivity contribution < 1.29 is 44.3 Å². The Labute approximate surface area is 339 Å². The number of ether oxygens (including phenoxy) is 1. The standard InChI is InChI=1S/C39H35F2N3O8S5/c1-16-8-24-36(54-16)20-10-22-28(14-26(20)44(7)39(24,5)6)52-27-11-18-17(2)38(3,4)23-12-31(56(46,47)48)55-35(23)19(18)9-21(27)32(22)33-34(41)29(53-15-30(45)43-42)13-25(40)37(33)57(49,50)51/h8-14H,15,42H2,1-7H3,(H,43,45)(H,46,47,48)(H,49,50,51). The van der Waals surface area contributed by atoms with Crippen molar-refractivity contribution in [1.29, 1.82) is 0 Å². The monoisotopic (exact) mass is 871 g/mol. The van der Waals surface area contributed by atoms with Gasteiger partial charge in [-0.3, -0.25) is 19.3 Å². The molecule has 0 bridgehead atoms. The van der Waals surface area contributed by atoms with Crippen molar-refractivity contribution in [2.75, 3.05) is 17.7 Å². The van der Waals surface area contributed by atoms with E-state index in [0.717, 1.165) is 43.5 Å². The van der Waals surface area contributed by atoms with Crippen LogP contribution in [0.1, 0.15) is 61.7 Å². The summed E-state index contributed by atoms with van der Waals surface area (Å²) in [5, 5.41) is 0.755. The summed E-state index contributed by atoms with van der Waals surface area (Å²) in [6.07, 6.45) is 0. The second kappa shape index (κ2) is 12.9. The van der Waals surface area contributed by atoms with Crippen molar-refractivity contribution in [3.63, 3.8) is 0 Å². The number of carbonyl (C=O) groups excluding carboxylic acids is 1. The quantitative estimate of drug-likeness (QED) is 0.0455. The summed E-state index contributed by atoms with van der Waals surface area (Å²) < 4.78 is 112. The van der Waals surface area contributed by atoms with Crippen LogP contribution in [0.15, 0.2) is 56.5 Å². The predicted molar refractivity (Wildman–Crippen MR) is 218 cm³/mol. The minimum absolute atomic E-state index is 0.110. The van der Waals surface area contributed by atoms with E-state index in [1.165, 1.54) is 6.07 Å². The summed E-state index contributed by atoms with van der Waals surface area (Å²) in [7, 11) is -8.16. The number of nitrogens with one attached hydrogen (secondary N) is 1. The van der Waals surface area contributed by atoms with Gasteiger partial charge in [-0.25, -0.2) is 14.6 Å². The molecule has 2 aromatic heterocycles. The van der Waals surface area contributed by atoms with E-state index in [1.807, 2.05) is 40.2 Å². The van der Waals surface area contributed by atoms with E-state index in [1.54, 1.807) is 35.6 Å². The normalized spacial score (nSPS) is 16.2. The second-order valence-corrected chi connectivity index (χ2v) is 21.5. The van der Waals surface area contributed by atoms with Gasteiger partial charge in [-0.15, -0.1) is 34.4 Å². The van der Waals surface area contributed by atoms with Gasteiger partial charge in [-0.05, 0) is 80.4 Å². The molecule has 3 aliphatic rings. The van der Waals surface area contributed by atoms with Crippen LogP contribution in [0.25, 0.3) is 32.0 Å². The summed E-state index contributed by atoms with van der Waals surface area (Å²) in [6, 6.07) is 10.9. The number of aryl methyl sites for hydroxylation is 1. The first kappa shape index (κ1) is 39.7. The van der Waals surface area contributed by atoms with Crippen molar-refractivity contribution in [2.24, 2.45) is 5.84 Å².